The summed E-state index contributed by atoms with van der Waals surface area (Å²) in [5.41, 5.74) is 18.3. The molecule has 1 amide bonds. The molecule has 0 saturated carbocycles. The van der Waals surface area contributed by atoms with E-state index in [4.69, 9.17) is 20.7 Å². The standard InChI is InChI=1S/C26H29N7O3S/c1-14-7-8-36-26(14)13-33(11-21(26)31-32-28)18-5-4-16-9-17(12-35-20(16)10-18)30-24(34)23-22(27)19-6-3-15(2)29-25(19)37-23/h3-6,10,14,17,21H,7-9,11-13,27H2,1-2H3,(H,30,34)/t14-,17+,21?,26-/m0/s1. The Hall–Kier alpha value is -3.53. The maximum Gasteiger partial charge on any atom is 0.263 e. The molecular formula is C26H29N7O3S. The SMILES string of the molecule is Cc1ccc2c(N)c(C(=O)N[C@H]3COc4cc(N5CC(N=[N+]=[N-])[C@@]6(C5)OCC[C@@H]6C)ccc4C3)sc2n1. The van der Waals surface area contributed by atoms with Gasteiger partial charge in [0.25, 0.3) is 5.91 Å². The van der Waals surface area contributed by atoms with Crippen LogP contribution < -0.4 is 20.7 Å². The number of pyridine rings is 1. The van der Waals surface area contributed by atoms with Crippen LogP contribution in [-0.2, 0) is 11.2 Å². The van der Waals surface area contributed by atoms with Gasteiger partial charge in [-0.15, -0.1) is 11.3 Å². The number of aromatic nitrogens is 1. The Bertz CT molecular complexity index is 1440. The summed E-state index contributed by atoms with van der Waals surface area (Å²) in [7, 11) is 0. The molecule has 2 fully saturated rings. The van der Waals surface area contributed by atoms with Gasteiger partial charge >= 0.3 is 0 Å². The van der Waals surface area contributed by atoms with Crippen LogP contribution in [-0.4, -0.2) is 54.9 Å². The van der Waals surface area contributed by atoms with Gasteiger partial charge in [0, 0.05) is 47.4 Å². The molecule has 192 valence electrons. The molecule has 2 aromatic heterocycles. The molecular weight excluding hydrogens is 490 g/mol. The van der Waals surface area contributed by atoms with Gasteiger partial charge in [0.05, 0.1) is 23.4 Å². The molecule has 2 saturated heterocycles. The number of hydrogen-bond donors (Lipinski definition) is 2. The molecule has 3 aliphatic heterocycles. The fourth-order valence-corrected chi connectivity index (χ4v) is 6.87. The predicted molar refractivity (Wildman–Crippen MR) is 143 cm³/mol. The molecule has 11 heteroatoms. The van der Waals surface area contributed by atoms with Crippen molar-refractivity contribution in [3.05, 3.63) is 56.9 Å². The molecule has 37 heavy (non-hydrogen) atoms. The van der Waals surface area contributed by atoms with E-state index in [1.165, 1.54) is 11.3 Å². The number of fused-ring (bicyclic) bond motifs is 2. The molecule has 1 spiro atoms. The number of aryl methyl sites for hydroxylation is 1. The van der Waals surface area contributed by atoms with E-state index in [2.05, 4.69) is 44.3 Å². The number of azide groups is 1. The number of nitrogens with zero attached hydrogens (tertiary/aromatic N) is 5. The Kier molecular flexibility index (Phi) is 5.86. The summed E-state index contributed by atoms with van der Waals surface area (Å²) >= 11 is 1.31. The largest absolute Gasteiger partial charge is 0.491 e. The third-order valence-electron chi connectivity index (χ3n) is 7.94. The number of ether oxygens (including phenoxy) is 2. The minimum atomic E-state index is -0.443. The van der Waals surface area contributed by atoms with Crippen LogP contribution >= 0.6 is 11.3 Å². The second-order valence-corrected chi connectivity index (χ2v) is 11.2. The van der Waals surface area contributed by atoms with Gasteiger partial charge in [0.1, 0.15) is 22.1 Å². The van der Waals surface area contributed by atoms with E-state index in [0.29, 0.717) is 49.2 Å². The number of anilines is 2. The summed E-state index contributed by atoms with van der Waals surface area (Å²) in [6.45, 7) is 6.44. The predicted octanol–water partition coefficient (Wildman–Crippen LogP) is 4.21. The lowest BCUT2D eigenvalue weighted by atomic mass is 9.85. The molecule has 5 heterocycles. The lowest BCUT2D eigenvalue weighted by molar-refractivity contribution is -0.0107. The Morgan fingerprint density at radius 1 is 1.38 bits per heavy atom. The zero-order valence-electron chi connectivity index (χ0n) is 20.8. The summed E-state index contributed by atoms with van der Waals surface area (Å²) in [5, 5.41) is 7.98. The van der Waals surface area contributed by atoms with Crippen molar-refractivity contribution in [1.82, 2.24) is 10.3 Å². The first-order valence-corrected chi connectivity index (χ1v) is 13.3. The van der Waals surface area contributed by atoms with Crippen molar-refractivity contribution < 1.29 is 14.3 Å². The van der Waals surface area contributed by atoms with Gasteiger partial charge in [-0.2, -0.15) is 0 Å². The summed E-state index contributed by atoms with van der Waals surface area (Å²) < 4.78 is 12.3. The van der Waals surface area contributed by atoms with E-state index in [1.807, 2.05) is 25.1 Å². The second-order valence-electron chi connectivity index (χ2n) is 10.2. The van der Waals surface area contributed by atoms with Crippen LogP contribution in [0.15, 0.2) is 35.4 Å². The number of carbonyl (C=O) groups excluding carboxylic acids is 1. The Labute approximate surface area is 218 Å². The van der Waals surface area contributed by atoms with Crippen molar-refractivity contribution in [2.45, 2.75) is 44.4 Å². The quantitative estimate of drug-likeness (QED) is 0.301. The van der Waals surface area contributed by atoms with E-state index in [9.17, 15) is 4.79 Å². The van der Waals surface area contributed by atoms with Gasteiger partial charge in [-0.1, -0.05) is 18.1 Å². The first kappa shape index (κ1) is 23.8. The molecule has 3 aromatic rings. The van der Waals surface area contributed by atoms with Gasteiger partial charge in [0.15, 0.2) is 0 Å². The third kappa shape index (κ3) is 4.03. The maximum atomic E-state index is 13.0. The number of nitrogen functional groups attached to an aromatic ring is 1. The number of hydrogen-bond acceptors (Lipinski definition) is 8. The first-order valence-electron chi connectivity index (χ1n) is 12.5. The van der Waals surface area contributed by atoms with Gasteiger partial charge in [-0.05, 0) is 55.0 Å². The van der Waals surface area contributed by atoms with Crippen LogP contribution in [0.3, 0.4) is 0 Å². The third-order valence-corrected chi connectivity index (χ3v) is 9.05. The highest BCUT2D eigenvalue weighted by molar-refractivity contribution is 7.21. The fourth-order valence-electron chi connectivity index (χ4n) is 5.82. The smallest absolute Gasteiger partial charge is 0.263 e. The lowest BCUT2D eigenvalue weighted by Crippen LogP contribution is -2.45. The van der Waals surface area contributed by atoms with Gasteiger partial charge < -0.3 is 25.4 Å². The maximum absolute atomic E-state index is 13.0. The van der Waals surface area contributed by atoms with Crippen LogP contribution in [0, 0.1) is 12.8 Å². The van der Waals surface area contributed by atoms with Crippen molar-refractivity contribution >= 4 is 38.8 Å². The average Bonchev–Trinajstić information content (AvgIpc) is 3.55. The van der Waals surface area contributed by atoms with Gasteiger partial charge in [-0.3, -0.25) is 4.79 Å². The highest BCUT2D eigenvalue weighted by atomic mass is 32.1. The monoisotopic (exact) mass is 519 g/mol. The Morgan fingerprint density at radius 2 is 2.24 bits per heavy atom. The topological polar surface area (TPSA) is 138 Å². The second kappa shape index (κ2) is 9.09. The number of thiophene rings is 1. The van der Waals surface area contributed by atoms with E-state index >= 15 is 0 Å². The normalized spacial score (nSPS) is 26.6. The molecule has 0 bridgehead atoms. The molecule has 3 N–H and O–H groups in total. The number of nitrogens with two attached hydrogens (primary N) is 1. The molecule has 1 unspecified atom stereocenters. The van der Waals surface area contributed by atoms with Crippen molar-refractivity contribution in [3.8, 4) is 5.75 Å². The van der Waals surface area contributed by atoms with E-state index in [1.54, 1.807) is 0 Å². The summed E-state index contributed by atoms with van der Waals surface area (Å²) in [6.07, 6.45) is 1.63. The highest BCUT2D eigenvalue weighted by Crippen LogP contribution is 2.43. The summed E-state index contributed by atoms with van der Waals surface area (Å²) in [5.74, 6) is 0.927. The number of benzene rings is 1. The molecule has 0 radical (unpaired) electrons. The van der Waals surface area contributed by atoms with Crippen molar-refractivity contribution in [2.24, 2.45) is 11.0 Å². The summed E-state index contributed by atoms with van der Waals surface area (Å²) in [6, 6.07) is 9.57. The Morgan fingerprint density at radius 3 is 3.03 bits per heavy atom. The zero-order valence-corrected chi connectivity index (χ0v) is 21.6. The Balaban J connectivity index is 1.16. The number of carbonyl (C=O) groups is 1. The minimum absolute atomic E-state index is 0.165. The van der Waals surface area contributed by atoms with E-state index < -0.39 is 5.60 Å². The average molecular weight is 520 g/mol. The van der Waals surface area contributed by atoms with Gasteiger partial charge in [0.2, 0.25) is 0 Å². The van der Waals surface area contributed by atoms with Gasteiger partial charge in [-0.25, -0.2) is 4.98 Å². The number of nitrogens with one attached hydrogen (secondary N) is 1. The number of amides is 1. The minimum Gasteiger partial charge on any atom is -0.491 e. The highest BCUT2D eigenvalue weighted by Gasteiger charge is 2.53. The molecule has 1 aromatic carbocycles. The van der Waals surface area contributed by atoms with Crippen LogP contribution in [0.5, 0.6) is 5.75 Å². The molecule has 10 nitrogen and oxygen atoms in total. The van der Waals surface area contributed by atoms with Crippen LogP contribution in [0.4, 0.5) is 11.4 Å². The fraction of sp³-hybridized carbons (Fsp3) is 0.462. The molecule has 6 rings (SSSR count). The van der Waals surface area contributed by atoms with E-state index in [0.717, 1.165) is 39.3 Å². The van der Waals surface area contributed by atoms with Crippen LogP contribution in [0.2, 0.25) is 0 Å². The van der Waals surface area contributed by atoms with Crippen molar-refractivity contribution in [2.75, 3.05) is 36.9 Å². The van der Waals surface area contributed by atoms with Crippen molar-refractivity contribution in [1.29, 1.82) is 0 Å². The molecule has 4 atom stereocenters. The van der Waals surface area contributed by atoms with E-state index in [-0.39, 0.29) is 18.0 Å². The van der Waals surface area contributed by atoms with Crippen molar-refractivity contribution in [3.63, 3.8) is 0 Å². The number of rotatable bonds is 4. The lowest BCUT2D eigenvalue weighted by Gasteiger charge is -2.31. The summed E-state index contributed by atoms with van der Waals surface area (Å²) in [4.78, 5) is 24.1. The first-order chi connectivity index (χ1) is 17.9. The van der Waals surface area contributed by atoms with Crippen LogP contribution in [0.1, 0.15) is 34.3 Å². The van der Waals surface area contributed by atoms with Crippen LogP contribution in [0.25, 0.3) is 20.7 Å². The molecule has 0 aliphatic carbocycles. The molecule has 3 aliphatic rings. The zero-order chi connectivity index (χ0) is 25.7.